The van der Waals surface area contributed by atoms with Gasteiger partial charge in [0, 0.05) is 13.0 Å². The Morgan fingerprint density at radius 1 is 1.16 bits per heavy atom. The molecular weight excluding hydrogens is 316 g/mol. The standard InChI is InChI=1S/C20H18N2O3/c21-13-15-6-8-16(9-7-15)19-17(20(24)25)12-18(23)22(19)11-10-14-4-2-1-3-5-14/h1-9,17,19H,10-12H2,(H,24,25)/t17-,19+/m1/s1. The summed E-state index contributed by atoms with van der Waals surface area (Å²) >= 11 is 0. The van der Waals surface area contributed by atoms with E-state index < -0.39 is 17.9 Å². The molecular formula is C20H18N2O3. The lowest BCUT2D eigenvalue weighted by atomic mass is 9.93. The van der Waals surface area contributed by atoms with Crippen LogP contribution in [0, 0.1) is 17.2 Å². The molecule has 25 heavy (non-hydrogen) atoms. The zero-order valence-electron chi connectivity index (χ0n) is 13.6. The number of carbonyl (C=O) groups excluding carboxylic acids is 1. The summed E-state index contributed by atoms with van der Waals surface area (Å²) in [6, 6.07) is 18.2. The zero-order valence-corrected chi connectivity index (χ0v) is 13.6. The SMILES string of the molecule is N#Cc1ccc([C@H]2[C@H](C(=O)O)CC(=O)N2CCc2ccccc2)cc1. The quantitative estimate of drug-likeness (QED) is 0.911. The van der Waals surface area contributed by atoms with E-state index in [1.165, 1.54) is 0 Å². The van der Waals surface area contributed by atoms with Crippen molar-refractivity contribution in [2.45, 2.75) is 18.9 Å². The van der Waals surface area contributed by atoms with Gasteiger partial charge in [-0.05, 0) is 29.7 Å². The largest absolute Gasteiger partial charge is 0.481 e. The number of nitrogens with zero attached hydrogens (tertiary/aromatic N) is 2. The number of carboxylic acid groups (broad SMARTS) is 1. The minimum Gasteiger partial charge on any atom is -0.481 e. The highest BCUT2D eigenvalue weighted by Gasteiger charge is 2.44. The van der Waals surface area contributed by atoms with E-state index in [9.17, 15) is 14.7 Å². The fraction of sp³-hybridized carbons (Fsp3) is 0.250. The van der Waals surface area contributed by atoms with Crippen molar-refractivity contribution < 1.29 is 14.7 Å². The highest BCUT2D eigenvalue weighted by atomic mass is 16.4. The van der Waals surface area contributed by atoms with Crippen LogP contribution in [0.1, 0.15) is 29.2 Å². The molecule has 1 aliphatic rings. The van der Waals surface area contributed by atoms with Gasteiger partial charge in [0.15, 0.2) is 0 Å². The molecule has 2 aromatic rings. The van der Waals surface area contributed by atoms with Gasteiger partial charge in [-0.15, -0.1) is 0 Å². The van der Waals surface area contributed by atoms with Crippen LogP contribution >= 0.6 is 0 Å². The summed E-state index contributed by atoms with van der Waals surface area (Å²) < 4.78 is 0. The molecule has 0 aromatic heterocycles. The van der Waals surface area contributed by atoms with Crippen molar-refractivity contribution in [2.75, 3.05) is 6.54 Å². The Balaban J connectivity index is 1.86. The summed E-state index contributed by atoms with van der Waals surface area (Å²) in [4.78, 5) is 25.7. The van der Waals surface area contributed by atoms with E-state index in [-0.39, 0.29) is 12.3 Å². The molecule has 5 nitrogen and oxygen atoms in total. The lowest BCUT2D eigenvalue weighted by Gasteiger charge is -2.27. The van der Waals surface area contributed by atoms with E-state index in [2.05, 4.69) is 0 Å². The van der Waals surface area contributed by atoms with Crippen LogP contribution in [0.2, 0.25) is 0 Å². The van der Waals surface area contributed by atoms with E-state index in [0.717, 1.165) is 11.1 Å². The third kappa shape index (κ3) is 3.53. The number of amides is 1. The van der Waals surface area contributed by atoms with Gasteiger partial charge in [-0.3, -0.25) is 9.59 Å². The molecule has 1 aliphatic heterocycles. The molecule has 5 heteroatoms. The molecule has 0 aliphatic carbocycles. The number of hydrogen-bond donors (Lipinski definition) is 1. The predicted octanol–water partition coefficient (Wildman–Crippen LogP) is 2.78. The average molecular weight is 334 g/mol. The molecule has 3 rings (SSSR count). The number of nitriles is 1. The minimum absolute atomic E-state index is 0.00872. The lowest BCUT2D eigenvalue weighted by Crippen LogP contribution is -2.32. The molecule has 1 N–H and O–H groups in total. The molecule has 0 saturated carbocycles. The van der Waals surface area contributed by atoms with Crippen LogP contribution in [0.4, 0.5) is 0 Å². The van der Waals surface area contributed by atoms with Crippen molar-refractivity contribution in [1.82, 2.24) is 4.90 Å². The third-order valence-electron chi connectivity index (χ3n) is 4.61. The topological polar surface area (TPSA) is 81.4 Å². The van der Waals surface area contributed by atoms with Crippen LogP contribution < -0.4 is 0 Å². The average Bonchev–Trinajstić information content (AvgIpc) is 2.97. The van der Waals surface area contributed by atoms with E-state index in [4.69, 9.17) is 5.26 Å². The Morgan fingerprint density at radius 3 is 2.44 bits per heavy atom. The molecule has 2 atom stereocenters. The van der Waals surface area contributed by atoms with Crippen LogP contribution in [-0.2, 0) is 16.0 Å². The van der Waals surface area contributed by atoms with Gasteiger partial charge in [0.1, 0.15) is 0 Å². The van der Waals surface area contributed by atoms with Gasteiger partial charge in [0.2, 0.25) is 5.91 Å². The summed E-state index contributed by atoms with van der Waals surface area (Å²) in [7, 11) is 0. The smallest absolute Gasteiger partial charge is 0.309 e. The summed E-state index contributed by atoms with van der Waals surface area (Å²) in [6.07, 6.45) is 0.681. The molecule has 1 saturated heterocycles. The Morgan fingerprint density at radius 2 is 1.84 bits per heavy atom. The fourth-order valence-corrected chi connectivity index (χ4v) is 3.34. The maximum absolute atomic E-state index is 12.4. The Hall–Kier alpha value is -3.13. The number of carboxylic acids is 1. The Kier molecular flexibility index (Phi) is 4.80. The molecule has 0 radical (unpaired) electrons. The summed E-state index contributed by atoms with van der Waals surface area (Å²) in [5.41, 5.74) is 2.37. The van der Waals surface area contributed by atoms with Gasteiger partial charge < -0.3 is 10.0 Å². The number of rotatable bonds is 5. The molecule has 2 aromatic carbocycles. The second kappa shape index (κ2) is 7.18. The van der Waals surface area contributed by atoms with E-state index in [1.807, 2.05) is 36.4 Å². The number of aliphatic carboxylic acids is 1. The van der Waals surface area contributed by atoms with Crippen LogP contribution in [0.25, 0.3) is 0 Å². The highest BCUT2D eigenvalue weighted by Crippen LogP contribution is 2.38. The van der Waals surface area contributed by atoms with Crippen molar-refractivity contribution in [3.05, 3.63) is 71.3 Å². The molecule has 1 amide bonds. The summed E-state index contributed by atoms with van der Waals surface area (Å²) in [5, 5.41) is 18.5. The van der Waals surface area contributed by atoms with Gasteiger partial charge in [0.05, 0.1) is 23.6 Å². The maximum Gasteiger partial charge on any atom is 0.309 e. The molecule has 126 valence electrons. The maximum atomic E-state index is 12.4. The van der Waals surface area contributed by atoms with Crippen LogP contribution in [-0.4, -0.2) is 28.4 Å². The first-order valence-corrected chi connectivity index (χ1v) is 8.16. The molecule has 1 fully saturated rings. The summed E-state index contributed by atoms with van der Waals surface area (Å²) in [6.45, 7) is 0.470. The van der Waals surface area contributed by atoms with Crippen molar-refractivity contribution in [2.24, 2.45) is 5.92 Å². The second-order valence-corrected chi connectivity index (χ2v) is 6.15. The van der Waals surface area contributed by atoms with E-state index in [1.54, 1.807) is 29.2 Å². The first kappa shape index (κ1) is 16.7. The summed E-state index contributed by atoms with van der Waals surface area (Å²) in [5.74, 6) is -1.88. The van der Waals surface area contributed by atoms with Gasteiger partial charge >= 0.3 is 5.97 Å². The molecule has 0 unspecified atom stereocenters. The Bertz CT molecular complexity index is 809. The van der Waals surface area contributed by atoms with Crippen molar-refractivity contribution >= 4 is 11.9 Å². The zero-order chi connectivity index (χ0) is 17.8. The normalized spacial score (nSPS) is 19.6. The van der Waals surface area contributed by atoms with Gasteiger partial charge in [-0.25, -0.2) is 0 Å². The molecule has 0 spiro atoms. The number of carbonyl (C=O) groups is 2. The van der Waals surface area contributed by atoms with Crippen LogP contribution in [0.5, 0.6) is 0 Å². The van der Waals surface area contributed by atoms with Crippen LogP contribution in [0.3, 0.4) is 0 Å². The third-order valence-corrected chi connectivity index (χ3v) is 4.61. The number of likely N-dealkylation sites (tertiary alicyclic amines) is 1. The van der Waals surface area contributed by atoms with E-state index in [0.29, 0.717) is 18.5 Å². The monoisotopic (exact) mass is 334 g/mol. The first-order valence-electron chi connectivity index (χ1n) is 8.16. The van der Waals surface area contributed by atoms with Crippen LogP contribution in [0.15, 0.2) is 54.6 Å². The van der Waals surface area contributed by atoms with Crippen molar-refractivity contribution in [3.63, 3.8) is 0 Å². The van der Waals surface area contributed by atoms with Gasteiger partial charge in [-0.2, -0.15) is 5.26 Å². The minimum atomic E-state index is -0.968. The predicted molar refractivity (Wildman–Crippen MR) is 91.5 cm³/mol. The van der Waals surface area contributed by atoms with E-state index >= 15 is 0 Å². The first-order chi connectivity index (χ1) is 12.1. The highest BCUT2D eigenvalue weighted by molar-refractivity contribution is 5.87. The fourth-order valence-electron chi connectivity index (χ4n) is 3.34. The lowest BCUT2D eigenvalue weighted by molar-refractivity contribution is -0.142. The molecule has 1 heterocycles. The Labute approximate surface area is 146 Å². The number of benzene rings is 2. The van der Waals surface area contributed by atoms with Gasteiger partial charge in [-0.1, -0.05) is 42.5 Å². The van der Waals surface area contributed by atoms with Crippen molar-refractivity contribution in [3.8, 4) is 6.07 Å². The second-order valence-electron chi connectivity index (χ2n) is 6.15. The molecule has 0 bridgehead atoms. The van der Waals surface area contributed by atoms with Crippen molar-refractivity contribution in [1.29, 1.82) is 5.26 Å². The van der Waals surface area contributed by atoms with Gasteiger partial charge in [0.25, 0.3) is 0 Å². The number of hydrogen-bond acceptors (Lipinski definition) is 3.